The zero-order valence-electron chi connectivity index (χ0n) is 20.2. The molecule has 176 valence electrons. The molecule has 3 nitrogen and oxygen atoms in total. The van der Waals surface area contributed by atoms with Crippen LogP contribution in [0.5, 0.6) is 5.75 Å². The highest BCUT2D eigenvalue weighted by Crippen LogP contribution is 2.14. The molecule has 0 fully saturated rings. The number of benzene rings is 3. The first-order chi connectivity index (χ1) is 16.9. The maximum Gasteiger partial charge on any atom is 0.308 e. The van der Waals surface area contributed by atoms with E-state index in [0.29, 0.717) is 17.7 Å². The first kappa shape index (κ1) is 28.4. The van der Waals surface area contributed by atoms with Gasteiger partial charge in [-0.3, -0.25) is 4.79 Å². The molecule has 0 unspecified atom stereocenters. The smallest absolute Gasteiger partial charge is 0.308 e. The van der Waals surface area contributed by atoms with E-state index in [-0.39, 0.29) is 5.97 Å². The van der Waals surface area contributed by atoms with Gasteiger partial charge in [-0.25, -0.2) is 0 Å². The standard InChI is InChI=1S/C14H13N.C10H10O2.C8H8/c1-3-13(9-12(2)11-15)10-14-7-5-4-6-8-14;1-3-9-4-6-10(7-5-9)12-8(2)11;1-2-8-6-4-3-5-7-8/h3-8,10H,1-2,9H2;3-7H,1H2,2H3;2-7H,1H2. The molecule has 3 aromatic carbocycles. The minimum Gasteiger partial charge on any atom is -0.427 e. The van der Waals surface area contributed by atoms with Crippen molar-refractivity contribution >= 4 is 24.2 Å². The molecule has 0 atom stereocenters. The third-order valence-electron chi connectivity index (χ3n) is 4.40. The van der Waals surface area contributed by atoms with E-state index in [1.807, 2.05) is 91.0 Å². The molecule has 0 aromatic heterocycles. The molecular weight excluding hydrogens is 430 g/mol. The Balaban J connectivity index is 0.000000274. The van der Waals surface area contributed by atoms with Gasteiger partial charge >= 0.3 is 5.97 Å². The third-order valence-corrected chi connectivity index (χ3v) is 4.40. The minimum absolute atomic E-state index is 0.304. The quantitative estimate of drug-likeness (QED) is 0.154. The van der Waals surface area contributed by atoms with Crippen LogP contribution in [0.4, 0.5) is 0 Å². The second kappa shape index (κ2) is 16.9. The predicted octanol–water partition coefficient (Wildman–Crippen LogP) is 8.31. The molecule has 0 aliphatic rings. The molecular formula is C32H31NO2. The van der Waals surface area contributed by atoms with Crippen LogP contribution in [0.3, 0.4) is 0 Å². The Labute approximate surface area is 209 Å². The summed E-state index contributed by atoms with van der Waals surface area (Å²) in [5.41, 5.74) is 4.85. The third kappa shape index (κ3) is 12.8. The summed E-state index contributed by atoms with van der Waals surface area (Å²) >= 11 is 0. The van der Waals surface area contributed by atoms with Crippen molar-refractivity contribution in [3.8, 4) is 11.8 Å². The largest absolute Gasteiger partial charge is 0.427 e. The highest BCUT2D eigenvalue weighted by atomic mass is 16.5. The molecule has 0 saturated heterocycles. The zero-order chi connectivity index (χ0) is 25.9. The van der Waals surface area contributed by atoms with Crippen molar-refractivity contribution in [2.24, 2.45) is 0 Å². The van der Waals surface area contributed by atoms with Gasteiger partial charge in [0.1, 0.15) is 5.75 Å². The van der Waals surface area contributed by atoms with Gasteiger partial charge in [0.2, 0.25) is 0 Å². The van der Waals surface area contributed by atoms with E-state index < -0.39 is 0 Å². The van der Waals surface area contributed by atoms with E-state index in [9.17, 15) is 4.79 Å². The Hall–Kier alpha value is -4.68. The van der Waals surface area contributed by atoms with Crippen LogP contribution in [0, 0.1) is 11.3 Å². The van der Waals surface area contributed by atoms with E-state index >= 15 is 0 Å². The first-order valence-electron chi connectivity index (χ1n) is 11.0. The second-order valence-corrected chi connectivity index (χ2v) is 7.21. The molecule has 3 heteroatoms. The summed E-state index contributed by atoms with van der Waals surface area (Å²) in [5.74, 6) is 0.259. The molecule has 0 saturated carbocycles. The lowest BCUT2D eigenvalue weighted by atomic mass is 10.0. The maximum atomic E-state index is 10.5. The zero-order valence-corrected chi connectivity index (χ0v) is 20.2. The van der Waals surface area contributed by atoms with Crippen molar-refractivity contribution in [3.63, 3.8) is 0 Å². The molecule has 0 heterocycles. The summed E-state index contributed by atoms with van der Waals surface area (Å²) in [6, 6.07) is 29.2. The van der Waals surface area contributed by atoms with Crippen LogP contribution in [0.25, 0.3) is 18.2 Å². The predicted molar refractivity (Wildman–Crippen MR) is 148 cm³/mol. The van der Waals surface area contributed by atoms with Crippen molar-refractivity contribution in [2.75, 3.05) is 0 Å². The number of hydrogen-bond donors (Lipinski definition) is 0. The first-order valence-corrected chi connectivity index (χ1v) is 11.0. The lowest BCUT2D eigenvalue weighted by Gasteiger charge is -2.00. The number of carbonyl (C=O) groups excluding carboxylic acids is 1. The molecule has 0 aliphatic heterocycles. The highest BCUT2D eigenvalue weighted by Gasteiger charge is 1.97. The lowest BCUT2D eigenvalue weighted by molar-refractivity contribution is -0.131. The summed E-state index contributed by atoms with van der Waals surface area (Å²) in [6.07, 6.45) is 7.90. The average Bonchev–Trinajstić information content (AvgIpc) is 2.90. The monoisotopic (exact) mass is 461 g/mol. The summed E-state index contributed by atoms with van der Waals surface area (Å²) in [7, 11) is 0. The minimum atomic E-state index is -0.304. The van der Waals surface area contributed by atoms with Crippen LogP contribution >= 0.6 is 0 Å². The fourth-order valence-electron chi connectivity index (χ4n) is 2.66. The Morgan fingerprint density at radius 1 is 0.829 bits per heavy atom. The summed E-state index contributed by atoms with van der Waals surface area (Å²) in [6.45, 7) is 16.0. The molecule has 35 heavy (non-hydrogen) atoms. The van der Waals surface area contributed by atoms with Crippen molar-refractivity contribution < 1.29 is 9.53 Å². The Morgan fingerprint density at radius 2 is 1.31 bits per heavy atom. The number of carbonyl (C=O) groups is 1. The van der Waals surface area contributed by atoms with E-state index in [1.54, 1.807) is 24.3 Å². The lowest BCUT2D eigenvalue weighted by Crippen LogP contribution is -2.00. The number of ether oxygens (including phenoxy) is 1. The van der Waals surface area contributed by atoms with Crippen molar-refractivity contribution in [1.29, 1.82) is 5.26 Å². The van der Waals surface area contributed by atoms with E-state index in [1.165, 1.54) is 12.5 Å². The molecule has 0 radical (unpaired) electrons. The van der Waals surface area contributed by atoms with Gasteiger partial charge in [0, 0.05) is 18.9 Å². The van der Waals surface area contributed by atoms with Crippen LogP contribution < -0.4 is 4.74 Å². The van der Waals surface area contributed by atoms with E-state index in [4.69, 9.17) is 10.00 Å². The van der Waals surface area contributed by atoms with Crippen LogP contribution in [0.2, 0.25) is 0 Å². The fourth-order valence-corrected chi connectivity index (χ4v) is 2.66. The van der Waals surface area contributed by atoms with Gasteiger partial charge in [-0.1, -0.05) is 123 Å². The van der Waals surface area contributed by atoms with Crippen LogP contribution in [0.15, 0.2) is 128 Å². The molecule has 0 amide bonds. The van der Waals surface area contributed by atoms with Crippen molar-refractivity contribution in [2.45, 2.75) is 13.3 Å². The summed E-state index contributed by atoms with van der Waals surface area (Å²) in [5, 5.41) is 8.63. The summed E-state index contributed by atoms with van der Waals surface area (Å²) < 4.78 is 4.84. The van der Waals surface area contributed by atoms with Gasteiger partial charge in [0.25, 0.3) is 0 Å². The van der Waals surface area contributed by atoms with Crippen LogP contribution in [-0.4, -0.2) is 5.97 Å². The number of nitrogens with zero attached hydrogens (tertiary/aromatic N) is 1. The topological polar surface area (TPSA) is 50.1 Å². The van der Waals surface area contributed by atoms with Gasteiger partial charge in [-0.05, 0) is 34.4 Å². The van der Waals surface area contributed by atoms with Crippen molar-refractivity contribution in [1.82, 2.24) is 0 Å². The Morgan fingerprint density at radius 3 is 1.71 bits per heavy atom. The van der Waals surface area contributed by atoms with E-state index in [2.05, 4.69) is 26.3 Å². The van der Waals surface area contributed by atoms with Gasteiger partial charge in [0.15, 0.2) is 0 Å². The normalized spacial score (nSPS) is 9.54. The van der Waals surface area contributed by atoms with E-state index in [0.717, 1.165) is 16.7 Å². The second-order valence-electron chi connectivity index (χ2n) is 7.21. The van der Waals surface area contributed by atoms with Crippen LogP contribution in [-0.2, 0) is 4.79 Å². The number of rotatable bonds is 7. The SMILES string of the molecule is C=CC(=Cc1ccccc1)CC(=C)C#N.C=Cc1ccc(OC(C)=O)cc1.C=Cc1ccccc1. The average molecular weight is 462 g/mol. The van der Waals surface area contributed by atoms with Crippen LogP contribution in [0.1, 0.15) is 30.0 Å². The van der Waals surface area contributed by atoms with Gasteiger partial charge in [-0.15, -0.1) is 0 Å². The van der Waals surface area contributed by atoms with Gasteiger partial charge in [-0.2, -0.15) is 5.26 Å². The molecule has 0 N–H and O–H groups in total. The number of hydrogen-bond acceptors (Lipinski definition) is 3. The highest BCUT2D eigenvalue weighted by molar-refractivity contribution is 5.69. The number of esters is 1. The molecule has 3 rings (SSSR count). The number of nitriles is 1. The molecule has 0 aliphatic carbocycles. The number of allylic oxidation sites excluding steroid dienone is 3. The molecule has 0 bridgehead atoms. The van der Waals surface area contributed by atoms with Gasteiger partial charge < -0.3 is 4.74 Å². The van der Waals surface area contributed by atoms with Crippen molar-refractivity contribution in [3.05, 3.63) is 145 Å². The molecule has 3 aromatic rings. The summed E-state index contributed by atoms with van der Waals surface area (Å²) in [4.78, 5) is 10.5. The Kier molecular flexibility index (Phi) is 13.7. The maximum absolute atomic E-state index is 10.5. The van der Waals surface area contributed by atoms with Gasteiger partial charge in [0.05, 0.1) is 6.07 Å². The fraction of sp³-hybridized carbons (Fsp3) is 0.0625. The molecule has 0 spiro atoms. The Bertz CT molecular complexity index is 1170.